The molecule has 0 aliphatic heterocycles. The number of fused-ring (bicyclic) bond motifs is 4. The second kappa shape index (κ2) is 44.7. The quantitative estimate of drug-likeness (QED) is 0.00992. The minimum Gasteiger partial charge on any atom is -0.480 e. The number of alkyl halides is 1. The van der Waals surface area contributed by atoms with Crippen LogP contribution in [0.3, 0.4) is 0 Å². The van der Waals surface area contributed by atoms with E-state index >= 15 is 0 Å². The number of hydrogen-bond acceptors (Lipinski definition) is 19. The monoisotopic (exact) mass is 1640 g/mol. The lowest BCUT2D eigenvalue weighted by molar-refractivity contribution is -0.168. The molecule has 0 saturated heterocycles. The molecule has 576 valence electrons. The van der Waals surface area contributed by atoms with Crippen LogP contribution in [0.25, 0.3) is 43.6 Å². The van der Waals surface area contributed by atoms with Gasteiger partial charge in [-0.15, -0.1) is 12.4 Å². The van der Waals surface area contributed by atoms with Crippen LogP contribution < -0.4 is 43.9 Å². The molecule has 0 spiro atoms. The summed E-state index contributed by atoms with van der Waals surface area (Å²) in [5.74, 6) is -7.40. The van der Waals surface area contributed by atoms with E-state index < -0.39 is 88.0 Å². The molecule has 4 aromatic heterocycles. The van der Waals surface area contributed by atoms with Crippen LogP contribution in [0, 0.1) is 0 Å². The molecule has 3 amide bonds. The predicted octanol–water partition coefficient (Wildman–Crippen LogP) is 9.34. The number of amides is 3. The van der Waals surface area contributed by atoms with Crippen LogP contribution >= 0.6 is 63.1 Å². The number of nitrogens with one attached hydrogen (secondary N) is 7. The molecular formula is C76H77BrCl4N8O20. The summed E-state index contributed by atoms with van der Waals surface area (Å²) in [5, 5.41) is 29.9. The van der Waals surface area contributed by atoms with Crippen LogP contribution in [-0.4, -0.2) is 139 Å². The van der Waals surface area contributed by atoms with Crippen molar-refractivity contribution in [2.45, 2.75) is 89.8 Å². The number of carboxylic acid groups (broad SMARTS) is 2. The van der Waals surface area contributed by atoms with Crippen molar-refractivity contribution < 1.29 is 77.1 Å². The van der Waals surface area contributed by atoms with Crippen molar-refractivity contribution in [3.63, 3.8) is 0 Å². The summed E-state index contributed by atoms with van der Waals surface area (Å²) in [4.78, 5) is 173. The van der Waals surface area contributed by atoms with Gasteiger partial charge in [0, 0.05) is 121 Å². The number of rotatable bonds is 22. The van der Waals surface area contributed by atoms with Crippen molar-refractivity contribution in [1.82, 2.24) is 35.9 Å². The molecule has 10 aromatic rings. The molecule has 0 bridgehead atoms. The summed E-state index contributed by atoms with van der Waals surface area (Å²) >= 11 is 19.9. The summed E-state index contributed by atoms with van der Waals surface area (Å²) in [6.45, 7) is 9.05. The first-order valence-corrected chi connectivity index (χ1v) is 35.1. The third-order valence-corrected chi connectivity index (χ3v) is 16.3. The molecule has 2 atom stereocenters. The van der Waals surface area contributed by atoms with Crippen molar-refractivity contribution in [2.24, 2.45) is 5.73 Å². The Morgan fingerprint density at radius 1 is 0.477 bits per heavy atom. The zero-order chi connectivity index (χ0) is 79.8. The standard InChI is InChI=1S/C19H15ClN2O4.C19H22N2O6.C12H12N2O3.C10H8BrNO.C9H15NO5.C7H4Cl2O.ClH/c20-13-7-5-11(6-8-13)18(24)22-16(19(25)26)9-12-10-17(23)21-15-4-2-1-3-14(12)15;1-4-26-17(24)19(21-12(3)22,18(25)27-5-2)11-13-10-16(23)20-15-9-7-6-8-14(13)15;13-9(12(16)17)5-7-6-11(15)14-10-4-2-1-3-8(7)10;11-6-7-5-10(13)12-9-4-2-1-3-8(7)9;1-4-14-8(12)7(10-6(3)11)9(13)15-5-2;8-6-3-1-5(2-4-6)7(9)10;/h1-8,10,16H,9H2,(H,21,23)(H,22,24)(H,25,26);6-10H,4-5,11H2,1-3H3,(H,20,23)(H,21,22);1-4,6,9H,5,13H2,(H,14,15)(H,16,17);1-5H,6H2,(H,12,13);7H,4-5H2,1-3H3,(H,10,11);1-4H;1H. The minimum atomic E-state index is -2.09. The van der Waals surface area contributed by atoms with E-state index in [9.17, 15) is 72.2 Å². The van der Waals surface area contributed by atoms with Crippen molar-refractivity contribution in [3.05, 3.63) is 255 Å². The number of H-pyrrole nitrogens is 4. The number of esters is 4. The maximum Gasteiger partial charge on any atom is 0.344 e. The Bertz CT molecular complexity index is 5080. The first-order valence-electron chi connectivity index (χ1n) is 32.8. The van der Waals surface area contributed by atoms with Gasteiger partial charge in [-0.3, -0.25) is 43.2 Å². The SMILES string of the molecule is CCOC(=O)C(Cc1cc(=O)[nH]c2ccccc12)(NC(C)=O)C(=O)OCC.CCOC(=O)C(NC(C)=O)C(=O)OCC.Cl.NC(Cc1cc(=O)[nH]c2ccccc12)C(=O)O.O=C(Cl)c1ccc(Cl)cc1.O=C(NC(Cc1cc(=O)[nH]c2ccccc12)C(=O)O)c1ccc(Cl)cc1.O=c1cc(CBr)c2ccccc2[nH]1. The summed E-state index contributed by atoms with van der Waals surface area (Å²) < 4.78 is 19.3. The number of aliphatic carboxylic acids is 2. The summed E-state index contributed by atoms with van der Waals surface area (Å²) in [7, 11) is 0. The average Bonchev–Trinajstić information content (AvgIpc) is 0.835. The fourth-order valence-electron chi connectivity index (χ4n) is 10.2. The zero-order valence-corrected chi connectivity index (χ0v) is 64.0. The van der Waals surface area contributed by atoms with E-state index in [-0.39, 0.29) is 74.8 Å². The van der Waals surface area contributed by atoms with Gasteiger partial charge in [0.25, 0.3) is 11.1 Å². The van der Waals surface area contributed by atoms with E-state index in [1.807, 2.05) is 36.4 Å². The maximum absolute atomic E-state index is 12.7. The lowest BCUT2D eigenvalue weighted by Crippen LogP contribution is -2.62. The summed E-state index contributed by atoms with van der Waals surface area (Å²) in [6, 6.07) is 43.7. The molecule has 28 nitrogen and oxygen atoms in total. The second-order valence-electron chi connectivity index (χ2n) is 22.8. The normalized spacial score (nSPS) is 11.0. The predicted molar refractivity (Wildman–Crippen MR) is 418 cm³/mol. The van der Waals surface area contributed by atoms with Crippen LogP contribution in [0.1, 0.15) is 84.5 Å². The number of nitrogens with two attached hydrogens (primary N) is 1. The molecule has 10 rings (SSSR count). The number of benzene rings is 6. The van der Waals surface area contributed by atoms with E-state index in [2.05, 4.69) is 61.3 Å². The Morgan fingerprint density at radius 3 is 1.17 bits per heavy atom. The molecule has 0 saturated carbocycles. The topological polar surface area (TPSA) is 442 Å². The van der Waals surface area contributed by atoms with Gasteiger partial charge in [0.2, 0.25) is 45.6 Å². The van der Waals surface area contributed by atoms with Gasteiger partial charge in [0.1, 0.15) is 12.1 Å². The highest BCUT2D eigenvalue weighted by Crippen LogP contribution is 2.25. The van der Waals surface area contributed by atoms with Crippen LogP contribution in [0.5, 0.6) is 0 Å². The highest BCUT2D eigenvalue weighted by atomic mass is 79.9. The van der Waals surface area contributed by atoms with Crippen LogP contribution in [0.15, 0.2) is 189 Å². The first kappa shape index (κ1) is 90.1. The second-order valence-corrected chi connectivity index (χ2v) is 24.6. The van der Waals surface area contributed by atoms with Crippen LogP contribution in [-0.2, 0) is 81.9 Å². The van der Waals surface area contributed by atoms with E-state index in [0.717, 1.165) is 27.2 Å². The lowest BCUT2D eigenvalue weighted by Gasteiger charge is -2.30. The highest BCUT2D eigenvalue weighted by molar-refractivity contribution is 9.08. The van der Waals surface area contributed by atoms with Crippen molar-refractivity contribution in [1.29, 1.82) is 0 Å². The number of aromatic nitrogens is 4. The number of halogens is 5. The van der Waals surface area contributed by atoms with Gasteiger partial charge >= 0.3 is 35.8 Å². The first-order chi connectivity index (χ1) is 51.4. The number of pyridine rings is 4. The number of hydrogen-bond donors (Lipinski definition) is 10. The molecule has 11 N–H and O–H groups in total. The van der Waals surface area contributed by atoms with Gasteiger partial charge < -0.3 is 70.8 Å². The molecule has 0 aliphatic rings. The number of aromatic amines is 4. The van der Waals surface area contributed by atoms with Crippen molar-refractivity contribution in [3.8, 4) is 0 Å². The fourth-order valence-corrected chi connectivity index (χ4v) is 11.0. The smallest absolute Gasteiger partial charge is 0.344 e. The third-order valence-electron chi connectivity index (χ3n) is 14.9. The highest BCUT2D eigenvalue weighted by Gasteiger charge is 2.50. The molecular weight excluding hydrogens is 1570 g/mol. The van der Waals surface area contributed by atoms with E-state index in [4.69, 9.17) is 55.1 Å². The van der Waals surface area contributed by atoms with Crippen LogP contribution in [0.2, 0.25) is 10.0 Å². The number of carbonyl (C=O) groups is 10. The lowest BCUT2D eigenvalue weighted by atomic mass is 9.88. The average molecular weight is 1640 g/mol. The van der Waals surface area contributed by atoms with Gasteiger partial charge in [-0.2, -0.15) is 0 Å². The molecule has 4 heterocycles. The van der Waals surface area contributed by atoms with Crippen molar-refractivity contribution in [2.75, 3.05) is 26.4 Å². The van der Waals surface area contributed by atoms with Crippen LogP contribution in [0.4, 0.5) is 0 Å². The Balaban J connectivity index is 0.000000285. The molecule has 6 aromatic carbocycles. The number of para-hydroxylation sites is 4. The fraction of sp³-hybridized carbons (Fsp3) is 0.237. The summed E-state index contributed by atoms with van der Waals surface area (Å²) in [6.07, 6.45) is -0.159. The van der Waals surface area contributed by atoms with Gasteiger partial charge in [0.15, 0.2) is 0 Å². The third kappa shape index (κ3) is 27.8. The molecule has 0 radical (unpaired) electrons. The number of ether oxygens (including phenoxy) is 4. The molecule has 0 aliphatic carbocycles. The van der Waals surface area contributed by atoms with Crippen molar-refractivity contribution >= 4 is 166 Å². The molecule has 2 unspecified atom stereocenters. The number of carbonyl (C=O) groups excluding carboxylic acids is 8. The zero-order valence-electron chi connectivity index (χ0n) is 59.3. The Labute approximate surface area is 651 Å². The summed E-state index contributed by atoms with van der Waals surface area (Å²) in [5.41, 5.74) is 8.51. The minimum absolute atomic E-state index is 0. The van der Waals surface area contributed by atoms with E-state index in [0.29, 0.717) is 65.1 Å². The van der Waals surface area contributed by atoms with Gasteiger partial charge in [-0.05, 0) is 141 Å². The largest absolute Gasteiger partial charge is 0.480 e. The van der Waals surface area contributed by atoms with Gasteiger partial charge in [0.05, 0.1) is 26.4 Å². The Kier molecular flexibility index (Phi) is 36.9. The Morgan fingerprint density at radius 2 is 0.826 bits per heavy atom. The van der Waals surface area contributed by atoms with E-state index in [1.165, 1.54) is 44.2 Å². The van der Waals surface area contributed by atoms with Gasteiger partial charge in [-0.1, -0.05) is 112 Å². The maximum atomic E-state index is 12.7. The van der Waals surface area contributed by atoms with Gasteiger partial charge in [-0.25, -0.2) is 24.0 Å². The number of carboxylic acids is 2. The molecule has 33 heteroatoms. The van der Waals surface area contributed by atoms with E-state index in [1.54, 1.807) is 131 Å². The molecule has 109 heavy (non-hydrogen) atoms. The molecule has 0 fully saturated rings. The Hall–Kier alpha value is -11.3.